The molecule has 130 valence electrons. The molecule has 24 heavy (non-hydrogen) atoms. The second-order valence-electron chi connectivity index (χ2n) is 5.43. The second kappa shape index (κ2) is 7.83. The van der Waals surface area contributed by atoms with E-state index in [1.165, 1.54) is 16.2 Å². The number of benzene rings is 1. The molecule has 0 unspecified atom stereocenters. The first-order chi connectivity index (χ1) is 11.1. The Morgan fingerprint density at radius 2 is 1.92 bits per heavy atom. The van der Waals surface area contributed by atoms with E-state index in [-0.39, 0.29) is 18.3 Å². The molecule has 8 heteroatoms. The summed E-state index contributed by atoms with van der Waals surface area (Å²) in [6, 6.07) is 5.09. The topological polar surface area (TPSA) is 63.7 Å². The third-order valence-corrected chi connectivity index (χ3v) is 4.75. The van der Waals surface area contributed by atoms with Crippen LogP contribution in [0.3, 0.4) is 0 Å². The molecule has 1 N–H and O–H groups in total. The predicted molar refractivity (Wildman–Crippen MR) is 96.9 cm³/mol. The first-order valence-electron chi connectivity index (χ1n) is 7.30. The van der Waals surface area contributed by atoms with Crippen molar-refractivity contribution in [1.82, 2.24) is 9.88 Å². The number of halogens is 1. The normalized spacial score (nSPS) is 13.6. The Kier molecular flexibility index (Phi) is 6.04. The molecule has 1 aromatic heterocycles. The number of carbonyl (C=O) groups is 1. The van der Waals surface area contributed by atoms with E-state index in [0.29, 0.717) is 22.2 Å². The van der Waals surface area contributed by atoms with E-state index >= 15 is 0 Å². The van der Waals surface area contributed by atoms with Crippen LogP contribution in [-0.2, 0) is 13.0 Å². The van der Waals surface area contributed by atoms with Crippen molar-refractivity contribution < 1.29 is 14.3 Å². The van der Waals surface area contributed by atoms with Crippen LogP contribution in [0.1, 0.15) is 20.9 Å². The maximum Gasteiger partial charge on any atom is 0.257 e. The van der Waals surface area contributed by atoms with Crippen molar-refractivity contribution in [2.45, 2.75) is 13.0 Å². The maximum absolute atomic E-state index is 12.5. The Balaban J connectivity index is 0.00000208. The van der Waals surface area contributed by atoms with Gasteiger partial charge in [-0.15, -0.1) is 23.7 Å². The van der Waals surface area contributed by atoms with Crippen LogP contribution in [0.15, 0.2) is 18.2 Å². The van der Waals surface area contributed by atoms with Crippen molar-refractivity contribution in [3.8, 4) is 11.5 Å². The molecule has 0 radical (unpaired) electrons. The number of fused-ring (bicyclic) bond motifs is 1. The molecular formula is C16H20ClN3O3S. The molecule has 0 atom stereocenters. The summed E-state index contributed by atoms with van der Waals surface area (Å²) < 4.78 is 10.4. The van der Waals surface area contributed by atoms with E-state index in [0.717, 1.165) is 25.2 Å². The van der Waals surface area contributed by atoms with Crippen LogP contribution >= 0.6 is 23.7 Å². The van der Waals surface area contributed by atoms with Gasteiger partial charge in [-0.25, -0.2) is 4.98 Å². The summed E-state index contributed by atoms with van der Waals surface area (Å²) in [5.41, 5.74) is 1.57. The lowest BCUT2D eigenvalue weighted by Crippen LogP contribution is -2.25. The Hall–Kier alpha value is -1.83. The fraction of sp³-hybridized carbons (Fsp3) is 0.375. The molecule has 2 aromatic rings. The van der Waals surface area contributed by atoms with Crippen molar-refractivity contribution in [3.05, 3.63) is 34.3 Å². The summed E-state index contributed by atoms with van der Waals surface area (Å²) in [6.07, 6.45) is 0.922. The van der Waals surface area contributed by atoms with E-state index in [9.17, 15) is 4.79 Å². The molecule has 3 rings (SSSR count). The van der Waals surface area contributed by atoms with E-state index in [1.807, 2.05) is 0 Å². The predicted octanol–water partition coefficient (Wildman–Crippen LogP) is 2.82. The van der Waals surface area contributed by atoms with Crippen molar-refractivity contribution in [3.63, 3.8) is 0 Å². The number of aromatic nitrogens is 1. The van der Waals surface area contributed by atoms with Crippen molar-refractivity contribution >= 4 is 34.8 Å². The van der Waals surface area contributed by atoms with Crippen LogP contribution < -0.4 is 14.8 Å². The van der Waals surface area contributed by atoms with E-state index < -0.39 is 0 Å². The Bertz CT molecular complexity index is 713. The van der Waals surface area contributed by atoms with Gasteiger partial charge < -0.3 is 14.4 Å². The zero-order chi connectivity index (χ0) is 16.4. The second-order valence-corrected chi connectivity index (χ2v) is 6.52. The number of nitrogens with one attached hydrogen (secondary N) is 1. The van der Waals surface area contributed by atoms with E-state index in [2.05, 4.69) is 22.2 Å². The molecular weight excluding hydrogens is 350 g/mol. The highest BCUT2D eigenvalue weighted by molar-refractivity contribution is 7.15. The monoisotopic (exact) mass is 369 g/mol. The number of amides is 1. The molecule has 2 heterocycles. The number of methoxy groups -OCH3 is 2. The summed E-state index contributed by atoms with van der Waals surface area (Å²) in [7, 11) is 5.20. The minimum Gasteiger partial charge on any atom is -0.497 e. The molecule has 0 spiro atoms. The fourth-order valence-electron chi connectivity index (χ4n) is 2.48. The van der Waals surface area contributed by atoms with Crippen LogP contribution in [0.4, 0.5) is 5.13 Å². The van der Waals surface area contributed by atoms with Crippen molar-refractivity contribution in [2.75, 3.05) is 33.1 Å². The molecule has 0 bridgehead atoms. The molecule has 1 amide bonds. The summed E-state index contributed by atoms with van der Waals surface area (Å²) >= 11 is 1.53. The lowest BCUT2D eigenvalue weighted by molar-refractivity contribution is 0.102. The Morgan fingerprint density at radius 3 is 2.54 bits per heavy atom. The third kappa shape index (κ3) is 3.98. The number of thiazole rings is 1. The number of anilines is 1. The van der Waals surface area contributed by atoms with Gasteiger partial charge in [-0.1, -0.05) is 0 Å². The first-order valence-corrected chi connectivity index (χ1v) is 8.12. The average Bonchev–Trinajstić information content (AvgIpc) is 2.95. The Morgan fingerprint density at radius 1 is 1.25 bits per heavy atom. The van der Waals surface area contributed by atoms with Gasteiger partial charge in [-0.05, 0) is 19.2 Å². The molecule has 1 aliphatic heterocycles. The van der Waals surface area contributed by atoms with Gasteiger partial charge in [-0.3, -0.25) is 10.1 Å². The van der Waals surface area contributed by atoms with Crippen LogP contribution in [-0.4, -0.2) is 43.6 Å². The van der Waals surface area contributed by atoms with Crippen LogP contribution in [0, 0.1) is 0 Å². The van der Waals surface area contributed by atoms with Crippen molar-refractivity contribution in [1.29, 1.82) is 0 Å². The molecule has 0 saturated carbocycles. The number of carbonyl (C=O) groups excluding carboxylic acids is 1. The summed E-state index contributed by atoms with van der Waals surface area (Å²) in [4.78, 5) is 20.5. The third-order valence-electron chi connectivity index (χ3n) is 3.76. The van der Waals surface area contributed by atoms with Gasteiger partial charge in [0.05, 0.1) is 19.9 Å². The Labute approximate surface area is 151 Å². The first kappa shape index (κ1) is 18.5. The largest absolute Gasteiger partial charge is 0.497 e. The van der Waals surface area contributed by atoms with Gasteiger partial charge in [0, 0.05) is 36.0 Å². The van der Waals surface area contributed by atoms with Gasteiger partial charge in [0.15, 0.2) is 5.13 Å². The SMILES string of the molecule is COc1cc(OC)cc(C(=O)Nc2nc3c(s2)CN(C)CC3)c1.Cl. The fourth-order valence-corrected chi connectivity index (χ4v) is 3.57. The van der Waals surface area contributed by atoms with Crippen LogP contribution in [0.2, 0.25) is 0 Å². The lowest BCUT2D eigenvalue weighted by atomic mass is 10.2. The molecule has 0 aliphatic carbocycles. The number of likely N-dealkylation sites (N-methyl/N-ethyl adjacent to an activating group) is 1. The highest BCUT2D eigenvalue weighted by atomic mass is 35.5. The summed E-state index contributed by atoms with van der Waals surface area (Å²) in [6.45, 7) is 1.88. The number of rotatable bonds is 4. The van der Waals surface area contributed by atoms with Gasteiger partial charge >= 0.3 is 0 Å². The molecule has 0 fully saturated rings. The highest BCUT2D eigenvalue weighted by Gasteiger charge is 2.19. The number of hydrogen-bond donors (Lipinski definition) is 1. The van der Waals surface area contributed by atoms with Gasteiger partial charge in [-0.2, -0.15) is 0 Å². The molecule has 6 nitrogen and oxygen atoms in total. The maximum atomic E-state index is 12.5. The number of ether oxygens (including phenoxy) is 2. The summed E-state index contributed by atoms with van der Waals surface area (Å²) in [5, 5.41) is 3.51. The quantitative estimate of drug-likeness (QED) is 0.897. The number of nitrogens with zero attached hydrogens (tertiary/aromatic N) is 2. The minimum atomic E-state index is -0.221. The average molecular weight is 370 g/mol. The zero-order valence-corrected chi connectivity index (χ0v) is 15.4. The number of hydrogen-bond acceptors (Lipinski definition) is 6. The molecule has 0 saturated heterocycles. The molecule has 1 aliphatic rings. The van der Waals surface area contributed by atoms with Gasteiger partial charge in [0.1, 0.15) is 11.5 Å². The highest BCUT2D eigenvalue weighted by Crippen LogP contribution is 2.29. The van der Waals surface area contributed by atoms with Crippen LogP contribution in [0.25, 0.3) is 0 Å². The zero-order valence-electron chi connectivity index (χ0n) is 13.8. The van der Waals surface area contributed by atoms with E-state index in [4.69, 9.17) is 9.47 Å². The van der Waals surface area contributed by atoms with E-state index in [1.54, 1.807) is 32.4 Å². The molecule has 1 aromatic carbocycles. The van der Waals surface area contributed by atoms with Gasteiger partial charge in [0.25, 0.3) is 5.91 Å². The van der Waals surface area contributed by atoms with Crippen LogP contribution in [0.5, 0.6) is 11.5 Å². The standard InChI is InChI=1S/C16H19N3O3S.ClH/c1-19-5-4-13-14(9-19)23-16(17-13)18-15(20)10-6-11(21-2)8-12(7-10)22-3;/h6-8H,4-5,9H2,1-3H3,(H,17,18,20);1H. The van der Waals surface area contributed by atoms with Gasteiger partial charge in [0.2, 0.25) is 0 Å². The smallest absolute Gasteiger partial charge is 0.257 e. The lowest BCUT2D eigenvalue weighted by Gasteiger charge is -2.20. The minimum absolute atomic E-state index is 0. The van der Waals surface area contributed by atoms with Crippen molar-refractivity contribution in [2.24, 2.45) is 0 Å². The summed E-state index contributed by atoms with van der Waals surface area (Å²) in [5.74, 6) is 0.936.